The lowest BCUT2D eigenvalue weighted by molar-refractivity contribution is 0.528. The number of pyridine rings is 1. The topological polar surface area (TPSA) is 48.0 Å². The third kappa shape index (κ3) is 3.00. The molecule has 1 aromatic heterocycles. The van der Waals surface area contributed by atoms with Crippen LogP contribution >= 0.6 is 0 Å². The predicted molar refractivity (Wildman–Crippen MR) is 92.3 cm³/mol. The molecule has 3 nitrogen and oxygen atoms in total. The number of hydrogen-bond acceptors (Lipinski definition) is 2. The number of aromatic nitrogens is 1. The first-order valence-electron chi connectivity index (χ1n) is 7.66. The number of rotatable bonds is 2. The molecule has 3 heteroatoms. The minimum absolute atomic E-state index is 0.0140. The van der Waals surface area contributed by atoms with Gasteiger partial charge >= 0.3 is 0 Å². The molecule has 2 N–H and O–H groups in total. The van der Waals surface area contributed by atoms with Crippen molar-refractivity contribution in [3.8, 4) is 0 Å². The summed E-state index contributed by atoms with van der Waals surface area (Å²) in [4.78, 5) is 12.7. The van der Waals surface area contributed by atoms with Crippen LogP contribution in [0, 0.1) is 13.8 Å². The molecule has 118 valence electrons. The van der Waals surface area contributed by atoms with Crippen molar-refractivity contribution in [2.45, 2.75) is 46.1 Å². The van der Waals surface area contributed by atoms with E-state index < -0.39 is 6.04 Å². The number of nitrogens with zero attached hydrogens (tertiary/aromatic N) is 1. The maximum atomic E-state index is 12.7. The Morgan fingerprint density at radius 3 is 2.18 bits per heavy atom. The standard InChI is InChI=1S/C19H26N2O/c1-12-7-8-14(13(2)11-12)17(20)15-9-10-16(19(3,4)5)21(6)18(15)22/h7-11,17H,20H2,1-6H3. The van der Waals surface area contributed by atoms with Crippen molar-refractivity contribution in [3.05, 3.63) is 68.6 Å². The molecule has 0 radical (unpaired) electrons. The van der Waals surface area contributed by atoms with Gasteiger partial charge in [0, 0.05) is 23.7 Å². The minimum atomic E-state index is -0.395. The van der Waals surface area contributed by atoms with Crippen molar-refractivity contribution in [3.63, 3.8) is 0 Å². The van der Waals surface area contributed by atoms with Crippen molar-refractivity contribution in [1.29, 1.82) is 0 Å². The highest BCUT2D eigenvalue weighted by atomic mass is 16.1. The molecule has 1 unspecified atom stereocenters. The van der Waals surface area contributed by atoms with Gasteiger partial charge in [-0.1, -0.05) is 44.5 Å². The van der Waals surface area contributed by atoms with E-state index in [9.17, 15) is 4.79 Å². The van der Waals surface area contributed by atoms with Crippen molar-refractivity contribution in [2.24, 2.45) is 12.8 Å². The van der Waals surface area contributed by atoms with Gasteiger partial charge in [-0.2, -0.15) is 0 Å². The van der Waals surface area contributed by atoms with Gasteiger partial charge in [-0.05, 0) is 37.1 Å². The Bertz CT molecular complexity index is 751. The van der Waals surface area contributed by atoms with E-state index in [1.54, 1.807) is 4.57 Å². The highest BCUT2D eigenvalue weighted by Crippen LogP contribution is 2.24. The SMILES string of the molecule is Cc1ccc(C(N)c2ccc(C(C)(C)C)n(C)c2=O)c(C)c1. The Kier molecular flexibility index (Phi) is 4.30. The lowest BCUT2D eigenvalue weighted by atomic mass is 9.89. The van der Waals surface area contributed by atoms with E-state index in [0.717, 1.165) is 16.8 Å². The highest BCUT2D eigenvalue weighted by Gasteiger charge is 2.21. The molecule has 0 aliphatic rings. The molecule has 0 saturated heterocycles. The molecule has 0 saturated carbocycles. The fourth-order valence-electron chi connectivity index (χ4n) is 2.99. The van der Waals surface area contributed by atoms with Crippen LogP contribution in [0.2, 0.25) is 0 Å². The van der Waals surface area contributed by atoms with Gasteiger partial charge < -0.3 is 10.3 Å². The quantitative estimate of drug-likeness (QED) is 0.924. The average Bonchev–Trinajstić information content (AvgIpc) is 2.39. The molecule has 0 aliphatic heterocycles. The van der Waals surface area contributed by atoms with Gasteiger partial charge in [0.1, 0.15) is 0 Å². The van der Waals surface area contributed by atoms with Gasteiger partial charge in [0.2, 0.25) is 0 Å². The zero-order valence-electron chi connectivity index (χ0n) is 14.4. The molecule has 1 aromatic carbocycles. The summed E-state index contributed by atoms with van der Waals surface area (Å²) in [7, 11) is 1.82. The van der Waals surface area contributed by atoms with Crippen LogP contribution in [0.15, 0.2) is 35.1 Å². The maximum absolute atomic E-state index is 12.7. The normalized spacial score (nSPS) is 13.2. The van der Waals surface area contributed by atoms with E-state index in [4.69, 9.17) is 5.73 Å². The zero-order chi connectivity index (χ0) is 16.7. The van der Waals surface area contributed by atoms with E-state index in [-0.39, 0.29) is 11.0 Å². The molecular weight excluding hydrogens is 272 g/mol. The molecule has 0 spiro atoms. The van der Waals surface area contributed by atoms with Crippen molar-refractivity contribution >= 4 is 0 Å². The van der Waals surface area contributed by atoms with Crippen LogP contribution in [0.25, 0.3) is 0 Å². The number of benzene rings is 1. The summed E-state index contributed by atoms with van der Waals surface area (Å²) >= 11 is 0. The largest absolute Gasteiger partial charge is 0.320 e. The van der Waals surface area contributed by atoms with Gasteiger partial charge in [-0.3, -0.25) is 4.79 Å². The average molecular weight is 298 g/mol. The Morgan fingerprint density at radius 1 is 1.05 bits per heavy atom. The highest BCUT2D eigenvalue weighted by molar-refractivity contribution is 5.38. The molecule has 1 atom stereocenters. The maximum Gasteiger partial charge on any atom is 0.255 e. The van der Waals surface area contributed by atoms with Crippen LogP contribution < -0.4 is 11.3 Å². The summed E-state index contributed by atoms with van der Waals surface area (Å²) in [5.74, 6) is 0. The summed E-state index contributed by atoms with van der Waals surface area (Å²) < 4.78 is 1.72. The molecule has 0 bridgehead atoms. The first-order chi connectivity index (χ1) is 10.1. The molecule has 2 rings (SSSR count). The summed E-state index contributed by atoms with van der Waals surface area (Å²) in [6, 6.07) is 9.66. The van der Waals surface area contributed by atoms with Crippen LogP contribution in [-0.4, -0.2) is 4.57 Å². The van der Waals surface area contributed by atoms with Crippen LogP contribution in [0.5, 0.6) is 0 Å². The fourth-order valence-corrected chi connectivity index (χ4v) is 2.99. The number of nitrogens with two attached hydrogens (primary N) is 1. The summed E-state index contributed by atoms with van der Waals surface area (Å²) in [6.45, 7) is 10.4. The Morgan fingerprint density at radius 2 is 1.64 bits per heavy atom. The van der Waals surface area contributed by atoms with Gasteiger partial charge in [0.25, 0.3) is 5.56 Å². The summed E-state index contributed by atoms with van der Waals surface area (Å²) in [5, 5.41) is 0. The van der Waals surface area contributed by atoms with E-state index in [1.807, 2.05) is 38.2 Å². The van der Waals surface area contributed by atoms with Crippen LogP contribution in [0.1, 0.15) is 54.8 Å². The second kappa shape index (κ2) is 5.73. The lowest BCUT2D eigenvalue weighted by Crippen LogP contribution is -2.32. The first kappa shape index (κ1) is 16.5. The molecule has 0 amide bonds. The smallest absolute Gasteiger partial charge is 0.255 e. The van der Waals surface area contributed by atoms with Crippen LogP contribution in [-0.2, 0) is 12.5 Å². The van der Waals surface area contributed by atoms with Crippen LogP contribution in [0.4, 0.5) is 0 Å². The van der Waals surface area contributed by atoms with Gasteiger partial charge in [0.15, 0.2) is 0 Å². The number of hydrogen-bond donors (Lipinski definition) is 1. The Hall–Kier alpha value is -1.87. The molecular formula is C19H26N2O. The Labute approximate surface area is 132 Å². The van der Waals surface area contributed by atoms with Gasteiger partial charge in [-0.15, -0.1) is 0 Å². The van der Waals surface area contributed by atoms with Crippen molar-refractivity contribution in [1.82, 2.24) is 4.57 Å². The third-order valence-corrected chi connectivity index (χ3v) is 4.20. The molecule has 0 aliphatic carbocycles. The molecule has 22 heavy (non-hydrogen) atoms. The van der Waals surface area contributed by atoms with Gasteiger partial charge in [-0.25, -0.2) is 0 Å². The van der Waals surface area contributed by atoms with E-state index in [2.05, 4.69) is 33.8 Å². The van der Waals surface area contributed by atoms with Crippen molar-refractivity contribution in [2.75, 3.05) is 0 Å². The Balaban J connectivity index is 2.54. The number of aryl methyl sites for hydroxylation is 2. The molecule has 0 fully saturated rings. The lowest BCUT2D eigenvalue weighted by Gasteiger charge is -2.24. The minimum Gasteiger partial charge on any atom is -0.320 e. The molecule has 1 heterocycles. The van der Waals surface area contributed by atoms with E-state index in [1.165, 1.54) is 5.56 Å². The van der Waals surface area contributed by atoms with Crippen LogP contribution in [0.3, 0.4) is 0 Å². The second-order valence-electron chi connectivity index (χ2n) is 7.13. The van der Waals surface area contributed by atoms with E-state index >= 15 is 0 Å². The van der Waals surface area contributed by atoms with E-state index in [0.29, 0.717) is 5.56 Å². The predicted octanol–water partition coefficient (Wildman–Crippen LogP) is 3.35. The monoisotopic (exact) mass is 298 g/mol. The fraction of sp³-hybridized carbons (Fsp3) is 0.421. The zero-order valence-corrected chi connectivity index (χ0v) is 14.4. The van der Waals surface area contributed by atoms with Gasteiger partial charge in [0.05, 0.1) is 6.04 Å². The summed E-state index contributed by atoms with van der Waals surface area (Å²) in [6.07, 6.45) is 0. The summed E-state index contributed by atoms with van der Waals surface area (Å²) in [5.41, 5.74) is 11.3. The first-order valence-corrected chi connectivity index (χ1v) is 7.66. The second-order valence-corrected chi connectivity index (χ2v) is 7.13. The third-order valence-electron chi connectivity index (χ3n) is 4.20. The van der Waals surface area contributed by atoms with Crippen molar-refractivity contribution < 1.29 is 0 Å². The molecule has 2 aromatic rings.